The molecule has 0 bridgehead atoms. The standard InChI is InChI=1S/C18H28N2O3/c1-18(2,10-6-3-7-11-19)23-17(21)20-13-15-12-14-8-4-5-9-16(14)22-15/h4-5,8-9,15H,3,6-7,10-13,19H2,1-2H3,(H,20,21). The summed E-state index contributed by atoms with van der Waals surface area (Å²) in [7, 11) is 0. The van der Waals surface area contributed by atoms with Gasteiger partial charge in [-0.15, -0.1) is 0 Å². The highest BCUT2D eigenvalue weighted by Crippen LogP contribution is 2.27. The Hall–Kier alpha value is -1.75. The highest BCUT2D eigenvalue weighted by Gasteiger charge is 2.25. The third-order valence-electron chi connectivity index (χ3n) is 4.04. The fourth-order valence-corrected chi connectivity index (χ4v) is 2.77. The van der Waals surface area contributed by atoms with Crippen molar-refractivity contribution >= 4 is 6.09 Å². The summed E-state index contributed by atoms with van der Waals surface area (Å²) in [4.78, 5) is 12.0. The molecular formula is C18H28N2O3. The number of ether oxygens (including phenoxy) is 2. The van der Waals surface area contributed by atoms with Gasteiger partial charge in [0.2, 0.25) is 0 Å². The Kier molecular flexibility index (Phi) is 6.28. The number of unbranched alkanes of at least 4 members (excludes halogenated alkanes) is 2. The van der Waals surface area contributed by atoms with Crippen LogP contribution in [0.3, 0.4) is 0 Å². The summed E-state index contributed by atoms with van der Waals surface area (Å²) in [6.07, 6.45) is 4.35. The van der Waals surface area contributed by atoms with Crippen LogP contribution in [-0.2, 0) is 11.2 Å². The SMILES string of the molecule is CC(C)(CCCCCN)OC(=O)NCC1Cc2ccccc2O1. The van der Waals surface area contributed by atoms with E-state index < -0.39 is 5.60 Å². The fraction of sp³-hybridized carbons (Fsp3) is 0.611. The molecule has 128 valence electrons. The van der Waals surface area contributed by atoms with Crippen molar-refractivity contribution in [1.82, 2.24) is 5.32 Å². The summed E-state index contributed by atoms with van der Waals surface area (Å²) in [5.74, 6) is 0.910. The Balaban J connectivity index is 1.67. The van der Waals surface area contributed by atoms with E-state index in [2.05, 4.69) is 11.4 Å². The van der Waals surface area contributed by atoms with Crippen LogP contribution in [-0.4, -0.2) is 30.9 Å². The van der Waals surface area contributed by atoms with Crippen LogP contribution in [0, 0.1) is 0 Å². The van der Waals surface area contributed by atoms with Gasteiger partial charge in [-0.05, 0) is 51.3 Å². The molecule has 1 heterocycles. The lowest BCUT2D eigenvalue weighted by Crippen LogP contribution is -2.39. The predicted octanol–water partition coefficient (Wildman–Crippen LogP) is 3.01. The van der Waals surface area contributed by atoms with Crippen molar-refractivity contribution in [1.29, 1.82) is 0 Å². The number of rotatable bonds is 8. The molecule has 0 aromatic heterocycles. The van der Waals surface area contributed by atoms with E-state index in [0.717, 1.165) is 37.9 Å². The molecule has 3 N–H and O–H groups in total. The van der Waals surface area contributed by atoms with Crippen molar-refractivity contribution in [2.24, 2.45) is 5.73 Å². The van der Waals surface area contributed by atoms with E-state index >= 15 is 0 Å². The molecule has 0 radical (unpaired) electrons. The van der Waals surface area contributed by atoms with Crippen LogP contribution in [0.25, 0.3) is 0 Å². The fourth-order valence-electron chi connectivity index (χ4n) is 2.77. The second kappa shape index (κ2) is 8.20. The lowest BCUT2D eigenvalue weighted by molar-refractivity contribution is 0.0293. The lowest BCUT2D eigenvalue weighted by Gasteiger charge is -2.25. The molecule has 0 fully saturated rings. The summed E-state index contributed by atoms with van der Waals surface area (Å²) in [5.41, 5.74) is 6.21. The maximum atomic E-state index is 12.0. The number of fused-ring (bicyclic) bond motifs is 1. The van der Waals surface area contributed by atoms with Gasteiger partial charge in [-0.25, -0.2) is 4.79 Å². The average Bonchev–Trinajstić information content (AvgIpc) is 2.92. The van der Waals surface area contributed by atoms with Gasteiger partial charge in [0.05, 0.1) is 6.54 Å². The zero-order chi connectivity index (χ0) is 16.7. The van der Waals surface area contributed by atoms with E-state index in [1.807, 2.05) is 32.0 Å². The topological polar surface area (TPSA) is 73.6 Å². The van der Waals surface area contributed by atoms with Gasteiger partial charge < -0.3 is 20.5 Å². The van der Waals surface area contributed by atoms with Gasteiger partial charge in [0.15, 0.2) is 0 Å². The van der Waals surface area contributed by atoms with Crippen molar-refractivity contribution < 1.29 is 14.3 Å². The van der Waals surface area contributed by atoms with E-state index in [1.54, 1.807) is 0 Å². The van der Waals surface area contributed by atoms with Crippen LogP contribution in [0.2, 0.25) is 0 Å². The molecule has 1 aromatic carbocycles. The minimum atomic E-state index is -0.460. The van der Waals surface area contributed by atoms with Gasteiger partial charge in [-0.2, -0.15) is 0 Å². The first kappa shape index (κ1) is 17.6. The van der Waals surface area contributed by atoms with Gasteiger partial charge in [0, 0.05) is 6.42 Å². The molecular weight excluding hydrogens is 292 g/mol. The Morgan fingerprint density at radius 3 is 2.87 bits per heavy atom. The number of carbonyl (C=O) groups excluding carboxylic acids is 1. The number of amides is 1. The molecule has 1 amide bonds. The smallest absolute Gasteiger partial charge is 0.407 e. The van der Waals surface area contributed by atoms with Gasteiger partial charge in [0.1, 0.15) is 17.5 Å². The lowest BCUT2D eigenvalue weighted by atomic mass is 10.0. The predicted molar refractivity (Wildman–Crippen MR) is 90.6 cm³/mol. The van der Waals surface area contributed by atoms with Crippen molar-refractivity contribution in [3.05, 3.63) is 29.8 Å². The second-order valence-corrected chi connectivity index (χ2v) is 6.68. The summed E-state index contributed by atoms with van der Waals surface area (Å²) >= 11 is 0. The van der Waals surface area contributed by atoms with Crippen LogP contribution in [0.5, 0.6) is 5.75 Å². The summed E-state index contributed by atoms with van der Waals surface area (Å²) in [6.45, 7) is 5.05. The zero-order valence-corrected chi connectivity index (χ0v) is 14.1. The summed E-state index contributed by atoms with van der Waals surface area (Å²) < 4.78 is 11.3. The molecule has 5 heteroatoms. The third kappa shape index (κ3) is 5.75. The molecule has 0 spiro atoms. The molecule has 23 heavy (non-hydrogen) atoms. The Labute approximate surface area is 138 Å². The number of alkyl carbamates (subject to hydrolysis) is 1. The number of hydrogen-bond acceptors (Lipinski definition) is 4. The van der Waals surface area contributed by atoms with Crippen LogP contribution in [0.1, 0.15) is 45.1 Å². The Bertz CT molecular complexity index is 492. The Morgan fingerprint density at radius 2 is 2.13 bits per heavy atom. The number of nitrogens with one attached hydrogen (secondary N) is 1. The maximum Gasteiger partial charge on any atom is 0.407 e. The van der Waals surface area contributed by atoms with Crippen LogP contribution in [0.4, 0.5) is 4.79 Å². The normalized spacial score (nSPS) is 16.6. The molecule has 2 rings (SSSR count). The number of benzene rings is 1. The van der Waals surface area contributed by atoms with Crippen molar-refractivity contribution in [2.45, 2.75) is 57.7 Å². The van der Waals surface area contributed by atoms with Crippen LogP contribution in [0.15, 0.2) is 24.3 Å². The molecule has 1 unspecified atom stereocenters. The molecule has 0 saturated carbocycles. The number of hydrogen-bond donors (Lipinski definition) is 2. The number of carbonyl (C=O) groups is 1. The second-order valence-electron chi connectivity index (χ2n) is 6.68. The molecule has 0 aliphatic carbocycles. The Morgan fingerprint density at radius 1 is 1.35 bits per heavy atom. The molecule has 5 nitrogen and oxygen atoms in total. The average molecular weight is 320 g/mol. The molecule has 1 aliphatic rings. The van der Waals surface area contributed by atoms with Crippen molar-refractivity contribution in [3.8, 4) is 5.75 Å². The van der Waals surface area contributed by atoms with Crippen LogP contribution < -0.4 is 15.8 Å². The van der Waals surface area contributed by atoms with Gasteiger partial charge >= 0.3 is 6.09 Å². The first-order valence-corrected chi connectivity index (χ1v) is 8.41. The van der Waals surface area contributed by atoms with E-state index in [4.69, 9.17) is 15.2 Å². The summed E-state index contributed by atoms with van der Waals surface area (Å²) in [5, 5.41) is 2.81. The van der Waals surface area contributed by atoms with Crippen molar-refractivity contribution in [2.75, 3.05) is 13.1 Å². The molecule has 1 aliphatic heterocycles. The molecule has 1 atom stereocenters. The minimum Gasteiger partial charge on any atom is -0.488 e. The monoisotopic (exact) mass is 320 g/mol. The molecule has 0 saturated heterocycles. The number of para-hydroxylation sites is 1. The third-order valence-corrected chi connectivity index (χ3v) is 4.04. The van der Waals surface area contributed by atoms with E-state index in [9.17, 15) is 4.79 Å². The zero-order valence-electron chi connectivity index (χ0n) is 14.1. The first-order valence-electron chi connectivity index (χ1n) is 8.41. The summed E-state index contributed by atoms with van der Waals surface area (Å²) in [6, 6.07) is 7.96. The van der Waals surface area contributed by atoms with E-state index in [-0.39, 0.29) is 12.2 Å². The number of nitrogens with two attached hydrogens (primary N) is 1. The molecule has 1 aromatic rings. The van der Waals surface area contributed by atoms with Gasteiger partial charge in [0.25, 0.3) is 0 Å². The van der Waals surface area contributed by atoms with Gasteiger partial charge in [-0.3, -0.25) is 0 Å². The van der Waals surface area contributed by atoms with E-state index in [0.29, 0.717) is 13.1 Å². The minimum absolute atomic E-state index is 0.0207. The van der Waals surface area contributed by atoms with Gasteiger partial charge in [-0.1, -0.05) is 24.6 Å². The highest BCUT2D eigenvalue weighted by atomic mass is 16.6. The van der Waals surface area contributed by atoms with Crippen molar-refractivity contribution in [3.63, 3.8) is 0 Å². The highest BCUT2D eigenvalue weighted by molar-refractivity contribution is 5.67. The largest absolute Gasteiger partial charge is 0.488 e. The quantitative estimate of drug-likeness (QED) is 0.722. The maximum absolute atomic E-state index is 12.0. The van der Waals surface area contributed by atoms with E-state index in [1.165, 1.54) is 5.56 Å². The van der Waals surface area contributed by atoms with Crippen LogP contribution >= 0.6 is 0 Å². The first-order chi connectivity index (χ1) is 11.0.